The van der Waals surface area contributed by atoms with Crippen LogP contribution >= 0.6 is 0 Å². The number of nitrogens with zero attached hydrogens (tertiary/aromatic N) is 1. The van der Waals surface area contributed by atoms with Crippen molar-refractivity contribution in [2.24, 2.45) is 23.2 Å². The van der Waals surface area contributed by atoms with Crippen molar-refractivity contribution in [2.75, 3.05) is 6.54 Å². The number of amides is 1. The van der Waals surface area contributed by atoms with Crippen LogP contribution in [0.3, 0.4) is 0 Å². The fourth-order valence-electron chi connectivity index (χ4n) is 5.87. The van der Waals surface area contributed by atoms with Gasteiger partial charge in [-0.25, -0.2) is 0 Å². The van der Waals surface area contributed by atoms with E-state index in [-0.39, 0.29) is 18.0 Å². The third-order valence-corrected chi connectivity index (χ3v) is 6.36. The molecule has 0 saturated heterocycles. The smallest absolute Gasteiger partial charge is 0.273 e. The number of nitro benzene ring substituents is 1. The minimum Gasteiger partial charge on any atom is -0.355 e. The maximum absolute atomic E-state index is 12.3. The quantitative estimate of drug-likeness (QED) is 0.664. The van der Waals surface area contributed by atoms with Gasteiger partial charge in [0.05, 0.1) is 11.3 Å². The van der Waals surface area contributed by atoms with Crippen LogP contribution in [0.2, 0.25) is 0 Å². The molecule has 0 radical (unpaired) electrons. The van der Waals surface area contributed by atoms with Gasteiger partial charge in [0.1, 0.15) is 0 Å². The zero-order valence-corrected chi connectivity index (χ0v) is 13.9. The first-order chi connectivity index (χ1) is 11.5. The molecule has 0 aliphatic heterocycles. The van der Waals surface area contributed by atoms with E-state index < -0.39 is 4.92 Å². The van der Waals surface area contributed by atoms with Crippen LogP contribution in [0.5, 0.6) is 0 Å². The molecule has 4 aliphatic rings. The summed E-state index contributed by atoms with van der Waals surface area (Å²) < 4.78 is 0. The second kappa shape index (κ2) is 5.87. The van der Waals surface area contributed by atoms with Gasteiger partial charge < -0.3 is 5.32 Å². The second-order valence-corrected chi connectivity index (χ2v) is 8.26. The number of hydrogen-bond donors (Lipinski definition) is 1. The number of hydrogen-bond acceptors (Lipinski definition) is 3. The largest absolute Gasteiger partial charge is 0.355 e. The highest BCUT2D eigenvalue weighted by molar-refractivity contribution is 5.79. The molecule has 1 amide bonds. The molecule has 0 aromatic heterocycles. The first-order valence-corrected chi connectivity index (χ1v) is 9.02. The normalized spacial score (nSPS) is 33.4. The van der Waals surface area contributed by atoms with E-state index >= 15 is 0 Å². The topological polar surface area (TPSA) is 72.2 Å². The van der Waals surface area contributed by atoms with E-state index in [1.807, 2.05) is 0 Å². The lowest BCUT2D eigenvalue weighted by atomic mass is 9.49. The number of carbonyl (C=O) groups is 1. The molecule has 0 heterocycles. The van der Waals surface area contributed by atoms with Gasteiger partial charge in [-0.2, -0.15) is 0 Å². The molecule has 24 heavy (non-hydrogen) atoms. The van der Waals surface area contributed by atoms with Gasteiger partial charge in [0.15, 0.2) is 0 Å². The fraction of sp³-hybridized carbons (Fsp3) is 0.632. The highest BCUT2D eigenvalue weighted by Crippen LogP contribution is 2.59. The summed E-state index contributed by atoms with van der Waals surface area (Å²) in [6.07, 6.45) is 8.03. The number of nitrogens with one attached hydrogen (secondary N) is 1. The summed E-state index contributed by atoms with van der Waals surface area (Å²) in [7, 11) is 0. The molecule has 4 bridgehead atoms. The first-order valence-electron chi connectivity index (χ1n) is 9.02. The monoisotopic (exact) mass is 328 g/mol. The fourth-order valence-corrected chi connectivity index (χ4v) is 5.87. The summed E-state index contributed by atoms with van der Waals surface area (Å²) in [4.78, 5) is 23.0. The standard InChI is InChI=1S/C19H24N2O3/c22-18(8-16-3-1-2-4-17(16)21(23)24)20-12-19-9-13-5-14(10-19)7-15(6-13)11-19/h1-4,13-15H,5-12H2,(H,20,22). The zero-order valence-electron chi connectivity index (χ0n) is 13.9. The molecule has 4 aliphatic carbocycles. The molecular formula is C19H24N2O3. The highest BCUT2D eigenvalue weighted by Gasteiger charge is 2.50. The van der Waals surface area contributed by atoms with Gasteiger partial charge in [-0.3, -0.25) is 14.9 Å². The lowest BCUT2D eigenvalue weighted by molar-refractivity contribution is -0.385. The van der Waals surface area contributed by atoms with E-state index in [2.05, 4.69) is 5.32 Å². The Morgan fingerprint density at radius 3 is 2.29 bits per heavy atom. The van der Waals surface area contributed by atoms with Crippen LogP contribution in [0.15, 0.2) is 24.3 Å². The van der Waals surface area contributed by atoms with Crippen molar-refractivity contribution in [1.82, 2.24) is 5.32 Å². The van der Waals surface area contributed by atoms with Gasteiger partial charge in [0.2, 0.25) is 5.91 Å². The predicted molar refractivity (Wildman–Crippen MR) is 90.4 cm³/mol. The lowest BCUT2D eigenvalue weighted by Gasteiger charge is -2.56. The Morgan fingerprint density at radius 2 is 1.71 bits per heavy atom. The molecule has 1 aromatic carbocycles. The van der Waals surface area contributed by atoms with Crippen LogP contribution in [0.1, 0.15) is 44.1 Å². The summed E-state index contributed by atoms with van der Waals surface area (Å²) in [5, 5.41) is 14.2. The summed E-state index contributed by atoms with van der Waals surface area (Å²) in [5.74, 6) is 2.50. The first kappa shape index (κ1) is 15.6. The number of benzene rings is 1. The molecule has 5 nitrogen and oxygen atoms in total. The van der Waals surface area contributed by atoms with E-state index in [1.165, 1.54) is 44.6 Å². The van der Waals surface area contributed by atoms with Crippen LogP contribution in [0.4, 0.5) is 5.69 Å². The Bertz CT molecular complexity index is 635. The molecule has 1 N–H and O–H groups in total. The Labute approximate surface area is 142 Å². The Balaban J connectivity index is 1.38. The van der Waals surface area contributed by atoms with Crippen molar-refractivity contribution in [1.29, 1.82) is 0 Å². The maximum atomic E-state index is 12.3. The molecule has 0 spiro atoms. The highest BCUT2D eigenvalue weighted by atomic mass is 16.6. The summed E-state index contributed by atoms with van der Waals surface area (Å²) in [6.45, 7) is 0.746. The van der Waals surface area contributed by atoms with Gasteiger partial charge in [-0.15, -0.1) is 0 Å². The Morgan fingerprint density at radius 1 is 1.12 bits per heavy atom. The van der Waals surface area contributed by atoms with Crippen LogP contribution in [0.25, 0.3) is 0 Å². The van der Waals surface area contributed by atoms with Gasteiger partial charge in [0, 0.05) is 18.2 Å². The minimum absolute atomic E-state index is 0.0301. The third kappa shape index (κ3) is 2.92. The third-order valence-electron chi connectivity index (χ3n) is 6.36. The molecule has 128 valence electrons. The van der Waals surface area contributed by atoms with E-state index in [0.29, 0.717) is 11.0 Å². The Hall–Kier alpha value is -1.91. The maximum Gasteiger partial charge on any atom is 0.273 e. The average Bonchev–Trinajstić information content (AvgIpc) is 2.52. The molecule has 4 fully saturated rings. The van der Waals surface area contributed by atoms with E-state index in [0.717, 1.165) is 24.3 Å². The average molecular weight is 328 g/mol. The van der Waals surface area contributed by atoms with Crippen molar-refractivity contribution in [2.45, 2.75) is 44.9 Å². The molecule has 0 atom stereocenters. The van der Waals surface area contributed by atoms with Crippen LogP contribution < -0.4 is 5.32 Å². The Kier molecular flexibility index (Phi) is 3.82. The second-order valence-electron chi connectivity index (χ2n) is 8.26. The SMILES string of the molecule is O=C(Cc1ccccc1[N+](=O)[O-])NCC12CC3CC(CC(C3)C1)C2. The molecule has 5 heteroatoms. The number of carbonyl (C=O) groups excluding carboxylic acids is 1. The van der Waals surface area contributed by atoms with Crippen molar-refractivity contribution < 1.29 is 9.72 Å². The van der Waals surface area contributed by atoms with Gasteiger partial charge >= 0.3 is 0 Å². The predicted octanol–water partition coefficient (Wildman–Crippen LogP) is 3.47. The van der Waals surface area contributed by atoms with Crippen LogP contribution in [0, 0.1) is 33.3 Å². The van der Waals surface area contributed by atoms with Crippen molar-refractivity contribution >= 4 is 11.6 Å². The molecule has 0 unspecified atom stereocenters. The van der Waals surface area contributed by atoms with Gasteiger partial charge in [-0.05, 0) is 61.7 Å². The number of para-hydroxylation sites is 1. The van der Waals surface area contributed by atoms with Crippen LogP contribution in [-0.2, 0) is 11.2 Å². The van der Waals surface area contributed by atoms with E-state index in [1.54, 1.807) is 18.2 Å². The van der Waals surface area contributed by atoms with E-state index in [4.69, 9.17) is 0 Å². The zero-order chi connectivity index (χ0) is 16.7. The molecular weight excluding hydrogens is 304 g/mol. The van der Waals surface area contributed by atoms with Gasteiger partial charge in [0.25, 0.3) is 5.69 Å². The van der Waals surface area contributed by atoms with Crippen molar-refractivity contribution in [3.8, 4) is 0 Å². The summed E-state index contributed by atoms with van der Waals surface area (Å²) in [5.41, 5.74) is 0.820. The summed E-state index contributed by atoms with van der Waals surface area (Å²) in [6, 6.07) is 6.51. The summed E-state index contributed by atoms with van der Waals surface area (Å²) >= 11 is 0. The van der Waals surface area contributed by atoms with Gasteiger partial charge in [-0.1, -0.05) is 18.2 Å². The van der Waals surface area contributed by atoms with Crippen molar-refractivity contribution in [3.05, 3.63) is 39.9 Å². The van der Waals surface area contributed by atoms with Crippen LogP contribution in [-0.4, -0.2) is 17.4 Å². The molecule has 1 aromatic rings. The van der Waals surface area contributed by atoms with E-state index in [9.17, 15) is 14.9 Å². The number of nitro groups is 1. The van der Waals surface area contributed by atoms with Crippen molar-refractivity contribution in [3.63, 3.8) is 0 Å². The number of rotatable bonds is 5. The lowest BCUT2D eigenvalue weighted by Crippen LogP contribution is -2.51. The minimum atomic E-state index is -0.415. The molecule has 5 rings (SSSR count). The molecule has 4 saturated carbocycles.